The standard InChI is InChI=1S/C17H14ClN3O/c18-16-4-2-1-3-13(16)9-17(22)21-15-7-5-12(6-8-15)14-10-19-20-11-14/h1-8,10-11H,9H2,(H,19,20)(H,21,22). The van der Waals surface area contributed by atoms with Crippen LogP contribution in [0.15, 0.2) is 60.9 Å². The lowest BCUT2D eigenvalue weighted by Crippen LogP contribution is -2.14. The molecule has 0 atom stereocenters. The Balaban J connectivity index is 1.66. The first kappa shape index (κ1) is 14.4. The van der Waals surface area contributed by atoms with Crippen molar-refractivity contribution in [3.8, 4) is 11.1 Å². The van der Waals surface area contributed by atoms with Crippen LogP contribution >= 0.6 is 11.6 Å². The molecule has 3 rings (SSSR count). The number of aromatic amines is 1. The van der Waals surface area contributed by atoms with Crippen molar-refractivity contribution in [3.63, 3.8) is 0 Å². The number of carbonyl (C=O) groups excluding carboxylic acids is 1. The second kappa shape index (κ2) is 6.45. The Morgan fingerprint density at radius 3 is 2.55 bits per heavy atom. The fraction of sp³-hybridized carbons (Fsp3) is 0.0588. The quantitative estimate of drug-likeness (QED) is 0.767. The summed E-state index contributed by atoms with van der Waals surface area (Å²) in [7, 11) is 0. The van der Waals surface area contributed by atoms with Crippen LogP contribution in [-0.4, -0.2) is 16.1 Å². The molecule has 1 aromatic heterocycles. The van der Waals surface area contributed by atoms with Gasteiger partial charge in [0, 0.05) is 22.5 Å². The molecule has 4 nitrogen and oxygen atoms in total. The third-order valence-corrected chi connectivity index (χ3v) is 3.68. The molecule has 0 saturated heterocycles. The molecule has 0 unspecified atom stereocenters. The van der Waals surface area contributed by atoms with Gasteiger partial charge in [0.05, 0.1) is 12.6 Å². The number of nitrogens with one attached hydrogen (secondary N) is 2. The topological polar surface area (TPSA) is 57.8 Å². The summed E-state index contributed by atoms with van der Waals surface area (Å²) >= 11 is 6.06. The molecule has 5 heteroatoms. The number of benzene rings is 2. The van der Waals surface area contributed by atoms with Crippen LogP contribution in [0.2, 0.25) is 5.02 Å². The summed E-state index contributed by atoms with van der Waals surface area (Å²) < 4.78 is 0. The number of H-pyrrole nitrogens is 1. The molecule has 0 radical (unpaired) electrons. The number of rotatable bonds is 4. The van der Waals surface area contributed by atoms with E-state index in [1.54, 1.807) is 12.3 Å². The number of halogens is 1. The van der Waals surface area contributed by atoms with E-state index in [2.05, 4.69) is 15.5 Å². The van der Waals surface area contributed by atoms with Crippen molar-refractivity contribution in [2.45, 2.75) is 6.42 Å². The molecule has 2 N–H and O–H groups in total. The van der Waals surface area contributed by atoms with Crippen LogP contribution < -0.4 is 5.32 Å². The van der Waals surface area contributed by atoms with E-state index in [0.29, 0.717) is 5.02 Å². The molecule has 0 saturated carbocycles. The van der Waals surface area contributed by atoms with Gasteiger partial charge < -0.3 is 5.32 Å². The highest BCUT2D eigenvalue weighted by molar-refractivity contribution is 6.31. The van der Waals surface area contributed by atoms with Gasteiger partial charge in [-0.15, -0.1) is 0 Å². The third kappa shape index (κ3) is 3.35. The summed E-state index contributed by atoms with van der Waals surface area (Å²) in [6.45, 7) is 0. The molecule has 0 aliphatic carbocycles. The van der Waals surface area contributed by atoms with Crippen molar-refractivity contribution >= 4 is 23.2 Å². The zero-order chi connectivity index (χ0) is 15.4. The Morgan fingerprint density at radius 1 is 1.09 bits per heavy atom. The van der Waals surface area contributed by atoms with Gasteiger partial charge in [0.25, 0.3) is 0 Å². The van der Waals surface area contributed by atoms with Gasteiger partial charge in [-0.1, -0.05) is 41.9 Å². The predicted octanol–water partition coefficient (Wildman–Crippen LogP) is 3.91. The first-order chi connectivity index (χ1) is 10.7. The van der Waals surface area contributed by atoms with Gasteiger partial charge in [-0.3, -0.25) is 9.89 Å². The van der Waals surface area contributed by atoms with Crippen molar-refractivity contribution in [1.29, 1.82) is 0 Å². The predicted molar refractivity (Wildman–Crippen MR) is 87.8 cm³/mol. The van der Waals surface area contributed by atoms with E-state index in [1.807, 2.05) is 48.7 Å². The van der Waals surface area contributed by atoms with Crippen LogP contribution in [0.3, 0.4) is 0 Å². The second-order valence-electron chi connectivity index (χ2n) is 4.88. The van der Waals surface area contributed by atoms with Crippen molar-refractivity contribution in [1.82, 2.24) is 10.2 Å². The SMILES string of the molecule is O=C(Cc1ccccc1Cl)Nc1ccc(-c2cn[nH]c2)cc1. The first-order valence-electron chi connectivity index (χ1n) is 6.85. The normalized spacial score (nSPS) is 10.4. The molecular formula is C17H14ClN3O. The number of nitrogens with zero attached hydrogens (tertiary/aromatic N) is 1. The first-order valence-corrected chi connectivity index (χ1v) is 7.22. The fourth-order valence-corrected chi connectivity index (χ4v) is 2.38. The van der Waals surface area contributed by atoms with Crippen molar-refractivity contribution in [3.05, 3.63) is 71.5 Å². The summed E-state index contributed by atoms with van der Waals surface area (Å²) in [5, 5.41) is 10.2. The molecular weight excluding hydrogens is 298 g/mol. The van der Waals surface area contributed by atoms with E-state index < -0.39 is 0 Å². The molecule has 110 valence electrons. The highest BCUT2D eigenvalue weighted by Gasteiger charge is 2.07. The molecule has 1 amide bonds. The van der Waals surface area contributed by atoms with Gasteiger partial charge in [-0.25, -0.2) is 0 Å². The van der Waals surface area contributed by atoms with Gasteiger partial charge in [0.2, 0.25) is 5.91 Å². The highest BCUT2D eigenvalue weighted by Crippen LogP contribution is 2.20. The zero-order valence-corrected chi connectivity index (χ0v) is 12.5. The summed E-state index contributed by atoms with van der Waals surface area (Å²) in [5.74, 6) is -0.0934. The Labute approximate surface area is 133 Å². The molecule has 1 heterocycles. The lowest BCUT2D eigenvalue weighted by atomic mass is 10.1. The summed E-state index contributed by atoms with van der Waals surface area (Å²) in [5.41, 5.74) is 3.62. The Morgan fingerprint density at radius 2 is 1.86 bits per heavy atom. The molecule has 3 aromatic rings. The number of aromatic nitrogens is 2. The van der Waals surface area contributed by atoms with Crippen molar-refractivity contribution in [2.24, 2.45) is 0 Å². The average Bonchev–Trinajstić information content (AvgIpc) is 3.05. The second-order valence-corrected chi connectivity index (χ2v) is 5.29. The number of anilines is 1. The minimum absolute atomic E-state index is 0.0934. The van der Waals surface area contributed by atoms with Crippen molar-refractivity contribution < 1.29 is 4.79 Å². The van der Waals surface area contributed by atoms with Gasteiger partial charge in [0.15, 0.2) is 0 Å². The molecule has 2 aromatic carbocycles. The number of hydrogen-bond donors (Lipinski definition) is 2. The molecule has 0 aliphatic rings. The van der Waals surface area contributed by atoms with Crippen molar-refractivity contribution in [2.75, 3.05) is 5.32 Å². The number of carbonyl (C=O) groups is 1. The third-order valence-electron chi connectivity index (χ3n) is 3.31. The van der Waals surface area contributed by atoms with Crippen LogP contribution in [0.5, 0.6) is 0 Å². The summed E-state index contributed by atoms with van der Waals surface area (Å²) in [6.07, 6.45) is 3.83. The average molecular weight is 312 g/mol. The van der Waals surface area contributed by atoms with E-state index in [9.17, 15) is 4.79 Å². The van der Waals surface area contributed by atoms with E-state index in [-0.39, 0.29) is 12.3 Å². The lowest BCUT2D eigenvalue weighted by Gasteiger charge is -2.07. The van der Waals surface area contributed by atoms with Crippen LogP contribution in [0.25, 0.3) is 11.1 Å². The van der Waals surface area contributed by atoms with Gasteiger partial charge >= 0.3 is 0 Å². The van der Waals surface area contributed by atoms with Gasteiger partial charge in [0.1, 0.15) is 0 Å². The maximum absolute atomic E-state index is 12.1. The minimum atomic E-state index is -0.0934. The van der Waals surface area contributed by atoms with Crippen LogP contribution in [0.4, 0.5) is 5.69 Å². The number of hydrogen-bond acceptors (Lipinski definition) is 2. The van der Waals surface area contributed by atoms with Crippen LogP contribution in [-0.2, 0) is 11.2 Å². The van der Waals surface area contributed by atoms with E-state index in [0.717, 1.165) is 22.4 Å². The Hall–Kier alpha value is -2.59. The fourth-order valence-electron chi connectivity index (χ4n) is 2.17. The van der Waals surface area contributed by atoms with Crippen LogP contribution in [0, 0.1) is 0 Å². The van der Waals surface area contributed by atoms with Gasteiger partial charge in [-0.05, 0) is 29.3 Å². The molecule has 0 fully saturated rings. The molecule has 0 spiro atoms. The lowest BCUT2D eigenvalue weighted by molar-refractivity contribution is -0.115. The number of amides is 1. The highest BCUT2D eigenvalue weighted by atomic mass is 35.5. The van der Waals surface area contributed by atoms with Crippen LogP contribution in [0.1, 0.15) is 5.56 Å². The zero-order valence-electron chi connectivity index (χ0n) is 11.7. The molecule has 22 heavy (non-hydrogen) atoms. The molecule has 0 bridgehead atoms. The largest absolute Gasteiger partial charge is 0.326 e. The van der Waals surface area contributed by atoms with E-state index >= 15 is 0 Å². The van der Waals surface area contributed by atoms with E-state index in [4.69, 9.17) is 11.6 Å². The maximum Gasteiger partial charge on any atom is 0.228 e. The monoisotopic (exact) mass is 311 g/mol. The van der Waals surface area contributed by atoms with E-state index in [1.165, 1.54) is 0 Å². The minimum Gasteiger partial charge on any atom is -0.326 e. The summed E-state index contributed by atoms with van der Waals surface area (Å²) in [4.78, 5) is 12.1. The van der Waals surface area contributed by atoms with Gasteiger partial charge in [-0.2, -0.15) is 5.10 Å². The summed E-state index contributed by atoms with van der Waals surface area (Å²) in [6, 6.07) is 15.0. The maximum atomic E-state index is 12.1. The Kier molecular flexibility index (Phi) is 4.21. The Bertz CT molecular complexity index is 767. The smallest absolute Gasteiger partial charge is 0.228 e. The molecule has 0 aliphatic heterocycles.